The quantitative estimate of drug-likeness (QED) is 0.526. The van der Waals surface area contributed by atoms with Crippen LogP contribution >= 0.6 is 12.6 Å². The van der Waals surface area contributed by atoms with E-state index in [0.717, 1.165) is 16.9 Å². The smallest absolute Gasteiger partial charge is 0.315 e. The number of allylic oxidation sites excluding steroid dienone is 4. The van der Waals surface area contributed by atoms with Gasteiger partial charge in [0.05, 0.1) is 5.54 Å². The van der Waals surface area contributed by atoms with Crippen molar-refractivity contribution in [1.29, 1.82) is 0 Å². The molecule has 0 aromatic heterocycles. The molecule has 0 aromatic carbocycles. The number of urea groups is 1. The normalized spacial score (nSPS) is 22.6. The van der Waals surface area contributed by atoms with Crippen LogP contribution in [0.4, 0.5) is 4.79 Å². The molecule has 0 saturated carbocycles. The first-order valence-corrected chi connectivity index (χ1v) is 7.02. The first kappa shape index (κ1) is 16.4. The Morgan fingerprint density at radius 1 is 1.60 bits per heavy atom. The highest BCUT2D eigenvalue weighted by Gasteiger charge is 2.23. The standard InChI is InChI=1S/C16H22N2OS/c1-4-6-13(7-5-2)12-17-15(19)18-16(3)10-8-14(20)9-11-16/h4-10,20H,1,11-12H2,2-3H3,(H2,17,18,19)/b7-5-,13-6+. The van der Waals surface area contributed by atoms with Crippen LogP contribution in [0.15, 0.2) is 59.6 Å². The van der Waals surface area contributed by atoms with Crippen molar-refractivity contribution in [1.82, 2.24) is 10.6 Å². The van der Waals surface area contributed by atoms with E-state index in [9.17, 15) is 4.79 Å². The van der Waals surface area contributed by atoms with E-state index in [1.807, 2.05) is 50.3 Å². The van der Waals surface area contributed by atoms with Gasteiger partial charge in [0.2, 0.25) is 0 Å². The Morgan fingerprint density at radius 3 is 2.90 bits per heavy atom. The van der Waals surface area contributed by atoms with Gasteiger partial charge in [-0.3, -0.25) is 0 Å². The van der Waals surface area contributed by atoms with E-state index in [2.05, 4.69) is 29.8 Å². The molecule has 2 N–H and O–H groups in total. The first-order chi connectivity index (χ1) is 9.49. The lowest BCUT2D eigenvalue weighted by molar-refractivity contribution is 0.234. The van der Waals surface area contributed by atoms with E-state index in [4.69, 9.17) is 0 Å². The fourth-order valence-electron chi connectivity index (χ4n) is 1.84. The molecular weight excluding hydrogens is 268 g/mol. The lowest BCUT2D eigenvalue weighted by Gasteiger charge is -2.28. The number of hydrogen-bond acceptors (Lipinski definition) is 2. The summed E-state index contributed by atoms with van der Waals surface area (Å²) in [6.45, 7) is 8.04. The van der Waals surface area contributed by atoms with E-state index in [1.54, 1.807) is 6.08 Å². The second-order valence-electron chi connectivity index (χ2n) is 4.87. The molecule has 20 heavy (non-hydrogen) atoms. The van der Waals surface area contributed by atoms with Gasteiger partial charge in [-0.1, -0.05) is 49.1 Å². The molecule has 0 radical (unpaired) electrons. The number of rotatable bonds is 5. The fourth-order valence-corrected chi connectivity index (χ4v) is 2.01. The number of nitrogens with one attached hydrogen (secondary N) is 2. The third-order valence-corrected chi connectivity index (χ3v) is 3.25. The van der Waals surface area contributed by atoms with Crippen LogP contribution in [0.3, 0.4) is 0 Å². The van der Waals surface area contributed by atoms with Gasteiger partial charge in [0, 0.05) is 6.54 Å². The molecule has 3 nitrogen and oxygen atoms in total. The molecule has 1 aliphatic carbocycles. The topological polar surface area (TPSA) is 41.1 Å². The third kappa shape index (κ3) is 5.53. The van der Waals surface area contributed by atoms with Gasteiger partial charge in [-0.2, -0.15) is 0 Å². The number of carbonyl (C=O) groups is 1. The van der Waals surface area contributed by atoms with Gasteiger partial charge in [0.25, 0.3) is 0 Å². The van der Waals surface area contributed by atoms with Crippen molar-refractivity contribution < 1.29 is 4.79 Å². The van der Waals surface area contributed by atoms with E-state index in [-0.39, 0.29) is 11.6 Å². The van der Waals surface area contributed by atoms with E-state index in [0.29, 0.717) is 6.54 Å². The first-order valence-electron chi connectivity index (χ1n) is 6.58. The Balaban J connectivity index is 2.50. The number of amides is 2. The van der Waals surface area contributed by atoms with Gasteiger partial charge in [0.1, 0.15) is 0 Å². The van der Waals surface area contributed by atoms with Gasteiger partial charge < -0.3 is 10.6 Å². The zero-order valence-corrected chi connectivity index (χ0v) is 12.9. The van der Waals surface area contributed by atoms with Gasteiger partial charge in [0.15, 0.2) is 0 Å². The molecule has 0 aromatic rings. The van der Waals surface area contributed by atoms with Crippen LogP contribution in [0.2, 0.25) is 0 Å². The summed E-state index contributed by atoms with van der Waals surface area (Å²) in [5.74, 6) is 0. The summed E-state index contributed by atoms with van der Waals surface area (Å²) < 4.78 is 0. The lowest BCUT2D eigenvalue weighted by atomic mass is 9.94. The van der Waals surface area contributed by atoms with Crippen LogP contribution in [0, 0.1) is 0 Å². The maximum Gasteiger partial charge on any atom is 0.315 e. The average Bonchev–Trinajstić information content (AvgIpc) is 2.40. The van der Waals surface area contributed by atoms with Gasteiger partial charge in [-0.25, -0.2) is 4.79 Å². The van der Waals surface area contributed by atoms with Crippen molar-refractivity contribution in [3.05, 3.63) is 59.6 Å². The largest absolute Gasteiger partial charge is 0.334 e. The predicted octanol–water partition coefficient (Wildman–Crippen LogP) is 3.51. The second-order valence-corrected chi connectivity index (χ2v) is 5.39. The predicted molar refractivity (Wildman–Crippen MR) is 88.9 cm³/mol. The molecule has 1 unspecified atom stereocenters. The number of carbonyl (C=O) groups excluding carboxylic acids is 1. The SMILES string of the molecule is C=C/C=C(\C=C/C)CNC(=O)NC1(C)C=CC(S)=CC1. The van der Waals surface area contributed by atoms with E-state index < -0.39 is 0 Å². The van der Waals surface area contributed by atoms with E-state index >= 15 is 0 Å². The number of hydrogen-bond donors (Lipinski definition) is 3. The van der Waals surface area contributed by atoms with Crippen LogP contribution in [0.1, 0.15) is 20.3 Å². The maximum atomic E-state index is 11.9. The van der Waals surface area contributed by atoms with Crippen LogP contribution in [-0.4, -0.2) is 18.1 Å². The third-order valence-electron chi connectivity index (χ3n) is 2.92. The molecule has 0 bridgehead atoms. The minimum atomic E-state index is -0.362. The van der Waals surface area contributed by atoms with Crippen LogP contribution in [0.25, 0.3) is 0 Å². The Labute approximate surface area is 126 Å². The molecule has 0 fully saturated rings. The summed E-state index contributed by atoms with van der Waals surface area (Å²) >= 11 is 4.27. The minimum absolute atomic E-state index is 0.187. The minimum Gasteiger partial charge on any atom is -0.334 e. The summed E-state index contributed by atoms with van der Waals surface area (Å²) in [5.41, 5.74) is 0.638. The van der Waals surface area contributed by atoms with Crippen molar-refractivity contribution in [2.24, 2.45) is 0 Å². The van der Waals surface area contributed by atoms with Crippen molar-refractivity contribution >= 4 is 18.7 Å². The highest BCUT2D eigenvalue weighted by molar-refractivity contribution is 7.84. The monoisotopic (exact) mass is 290 g/mol. The van der Waals surface area contributed by atoms with Gasteiger partial charge in [-0.15, -0.1) is 12.6 Å². The molecule has 0 aliphatic heterocycles. The summed E-state index contributed by atoms with van der Waals surface area (Å²) in [4.78, 5) is 12.9. The van der Waals surface area contributed by atoms with Gasteiger partial charge in [-0.05, 0) is 30.7 Å². The second kappa shape index (κ2) is 7.80. The number of thiol groups is 1. The molecular formula is C16H22N2OS. The summed E-state index contributed by atoms with van der Waals surface area (Å²) in [6.07, 6.45) is 14.0. The molecule has 0 heterocycles. The Hall–Kier alpha value is -1.68. The average molecular weight is 290 g/mol. The highest BCUT2D eigenvalue weighted by atomic mass is 32.1. The Kier molecular flexibility index (Phi) is 6.39. The van der Waals surface area contributed by atoms with Crippen molar-refractivity contribution in [3.63, 3.8) is 0 Å². The molecule has 108 valence electrons. The molecule has 2 amide bonds. The summed E-state index contributed by atoms with van der Waals surface area (Å²) in [6, 6.07) is -0.187. The lowest BCUT2D eigenvalue weighted by Crippen LogP contribution is -2.49. The van der Waals surface area contributed by atoms with Crippen molar-refractivity contribution in [3.8, 4) is 0 Å². The molecule has 0 spiro atoms. The fraction of sp³-hybridized carbons (Fsp3) is 0.312. The Morgan fingerprint density at radius 2 is 2.35 bits per heavy atom. The molecule has 1 rings (SSSR count). The van der Waals surface area contributed by atoms with Crippen LogP contribution in [-0.2, 0) is 0 Å². The maximum absolute atomic E-state index is 11.9. The molecule has 1 atom stereocenters. The highest BCUT2D eigenvalue weighted by Crippen LogP contribution is 2.21. The molecule has 1 aliphatic rings. The van der Waals surface area contributed by atoms with Crippen LogP contribution < -0.4 is 10.6 Å². The summed E-state index contributed by atoms with van der Waals surface area (Å²) in [5, 5.41) is 5.81. The van der Waals surface area contributed by atoms with Crippen molar-refractivity contribution in [2.75, 3.05) is 6.54 Å². The van der Waals surface area contributed by atoms with Crippen molar-refractivity contribution in [2.45, 2.75) is 25.8 Å². The van der Waals surface area contributed by atoms with E-state index in [1.165, 1.54) is 0 Å². The zero-order chi connectivity index (χ0) is 15.0. The van der Waals surface area contributed by atoms with Crippen LogP contribution in [0.5, 0.6) is 0 Å². The Bertz CT molecular complexity index is 489. The molecule has 4 heteroatoms. The summed E-state index contributed by atoms with van der Waals surface area (Å²) in [7, 11) is 0. The zero-order valence-electron chi connectivity index (χ0n) is 12.0. The molecule has 0 saturated heterocycles. The van der Waals surface area contributed by atoms with Gasteiger partial charge >= 0.3 is 6.03 Å².